The van der Waals surface area contributed by atoms with Crippen molar-refractivity contribution in [3.05, 3.63) is 27.6 Å². The van der Waals surface area contributed by atoms with E-state index in [1.807, 2.05) is 12.1 Å². The first-order chi connectivity index (χ1) is 6.20. The van der Waals surface area contributed by atoms with Gasteiger partial charge in [-0.25, -0.2) is 0 Å². The van der Waals surface area contributed by atoms with E-state index in [1.165, 1.54) is 11.3 Å². The summed E-state index contributed by atoms with van der Waals surface area (Å²) in [4.78, 5) is 0. The molecule has 13 heavy (non-hydrogen) atoms. The topological polar surface area (TPSA) is 9.23 Å². The van der Waals surface area contributed by atoms with Crippen molar-refractivity contribution in [2.45, 2.75) is 0 Å². The summed E-state index contributed by atoms with van der Waals surface area (Å²) in [5.41, 5.74) is 0. The Hall–Kier alpha value is -0.440. The minimum atomic E-state index is 0.686. The van der Waals surface area contributed by atoms with Crippen LogP contribution in [0.5, 0.6) is 5.75 Å². The molecule has 0 saturated heterocycles. The Balaban J connectivity index is 2.75. The number of hydrogen-bond donors (Lipinski definition) is 0. The number of thiophene rings is 1. The summed E-state index contributed by atoms with van der Waals surface area (Å²) >= 11 is 13.4. The van der Waals surface area contributed by atoms with Crippen molar-refractivity contribution in [2.75, 3.05) is 7.11 Å². The molecule has 1 aromatic carbocycles. The summed E-state index contributed by atoms with van der Waals surface area (Å²) in [6, 6.07) is 5.59. The van der Waals surface area contributed by atoms with Crippen molar-refractivity contribution in [2.24, 2.45) is 0 Å². The van der Waals surface area contributed by atoms with Crippen molar-refractivity contribution in [1.29, 1.82) is 0 Å². The van der Waals surface area contributed by atoms with Crippen LogP contribution < -0.4 is 4.74 Å². The highest BCUT2D eigenvalue weighted by Crippen LogP contribution is 2.37. The SMILES string of the molecule is COc1cc(Cl)c2sc(Cl)cc2c1. The van der Waals surface area contributed by atoms with Gasteiger partial charge in [0.05, 0.1) is 21.2 Å². The third-order valence-electron chi connectivity index (χ3n) is 1.75. The summed E-state index contributed by atoms with van der Waals surface area (Å²) in [5.74, 6) is 0.756. The van der Waals surface area contributed by atoms with Gasteiger partial charge in [0.1, 0.15) is 5.75 Å². The lowest BCUT2D eigenvalue weighted by Gasteiger charge is -2.00. The van der Waals surface area contributed by atoms with E-state index >= 15 is 0 Å². The van der Waals surface area contributed by atoms with Crippen LogP contribution in [0.1, 0.15) is 0 Å². The molecule has 0 saturated carbocycles. The van der Waals surface area contributed by atoms with Gasteiger partial charge in [-0.1, -0.05) is 23.2 Å². The van der Waals surface area contributed by atoms with Crippen LogP contribution in [0.25, 0.3) is 10.1 Å². The Morgan fingerprint density at radius 2 is 2.00 bits per heavy atom. The molecule has 1 heterocycles. The zero-order valence-corrected chi connectivity index (χ0v) is 9.13. The Morgan fingerprint density at radius 3 is 2.69 bits per heavy atom. The fourth-order valence-corrected chi connectivity index (χ4v) is 2.63. The molecular weight excluding hydrogens is 227 g/mol. The van der Waals surface area contributed by atoms with Gasteiger partial charge >= 0.3 is 0 Å². The van der Waals surface area contributed by atoms with Crippen LogP contribution >= 0.6 is 34.5 Å². The molecule has 0 radical (unpaired) electrons. The molecule has 0 atom stereocenters. The maximum absolute atomic E-state index is 6.03. The van der Waals surface area contributed by atoms with Crippen molar-refractivity contribution in [3.8, 4) is 5.75 Å². The number of methoxy groups -OCH3 is 1. The van der Waals surface area contributed by atoms with Crippen molar-refractivity contribution >= 4 is 44.6 Å². The van der Waals surface area contributed by atoms with Gasteiger partial charge in [-0.2, -0.15) is 0 Å². The van der Waals surface area contributed by atoms with Gasteiger partial charge in [0, 0.05) is 6.07 Å². The normalized spacial score (nSPS) is 10.7. The van der Waals surface area contributed by atoms with E-state index in [1.54, 1.807) is 13.2 Å². The van der Waals surface area contributed by atoms with E-state index in [0.717, 1.165) is 20.2 Å². The zero-order valence-electron chi connectivity index (χ0n) is 6.80. The molecule has 68 valence electrons. The number of rotatable bonds is 1. The van der Waals surface area contributed by atoms with Crippen LogP contribution in [0.15, 0.2) is 18.2 Å². The molecule has 4 heteroatoms. The molecule has 0 aliphatic rings. The van der Waals surface area contributed by atoms with Crippen LogP contribution in [0, 0.1) is 0 Å². The van der Waals surface area contributed by atoms with E-state index in [9.17, 15) is 0 Å². The highest BCUT2D eigenvalue weighted by Gasteiger charge is 2.06. The molecule has 0 spiro atoms. The predicted octanol–water partition coefficient (Wildman–Crippen LogP) is 4.22. The van der Waals surface area contributed by atoms with Gasteiger partial charge in [-0.15, -0.1) is 11.3 Å². The van der Waals surface area contributed by atoms with Gasteiger partial charge < -0.3 is 4.74 Å². The summed E-state index contributed by atoms with van der Waals surface area (Å²) in [6.45, 7) is 0. The highest BCUT2D eigenvalue weighted by molar-refractivity contribution is 7.23. The maximum Gasteiger partial charge on any atom is 0.121 e. The standard InChI is InChI=1S/C9H6Cl2OS/c1-12-6-2-5-3-8(11)13-9(5)7(10)4-6/h2-4H,1H3. The fraction of sp³-hybridized carbons (Fsp3) is 0.111. The molecular formula is C9H6Cl2OS. The van der Waals surface area contributed by atoms with E-state index in [2.05, 4.69) is 0 Å². The van der Waals surface area contributed by atoms with E-state index < -0.39 is 0 Å². The quantitative estimate of drug-likeness (QED) is 0.716. The summed E-state index contributed by atoms with van der Waals surface area (Å²) in [7, 11) is 1.62. The number of hydrogen-bond acceptors (Lipinski definition) is 2. The molecule has 1 aromatic heterocycles. The van der Waals surface area contributed by atoms with Crippen LogP contribution in [0.4, 0.5) is 0 Å². The first-order valence-electron chi connectivity index (χ1n) is 3.63. The minimum absolute atomic E-state index is 0.686. The fourth-order valence-electron chi connectivity index (χ4n) is 1.17. The highest BCUT2D eigenvalue weighted by atomic mass is 35.5. The third-order valence-corrected chi connectivity index (χ3v) is 3.47. The minimum Gasteiger partial charge on any atom is -0.497 e. The van der Waals surface area contributed by atoms with Crippen molar-refractivity contribution in [1.82, 2.24) is 0 Å². The number of benzene rings is 1. The predicted molar refractivity (Wildman–Crippen MR) is 58.4 cm³/mol. The first kappa shape index (κ1) is 9.13. The van der Waals surface area contributed by atoms with Crippen LogP contribution in [-0.2, 0) is 0 Å². The first-order valence-corrected chi connectivity index (χ1v) is 5.20. The van der Waals surface area contributed by atoms with Gasteiger partial charge in [0.15, 0.2) is 0 Å². The number of halogens is 2. The lowest BCUT2D eigenvalue weighted by molar-refractivity contribution is 0.415. The second kappa shape index (κ2) is 3.37. The molecule has 2 aromatic rings. The average molecular weight is 233 g/mol. The average Bonchev–Trinajstić information content (AvgIpc) is 2.46. The molecule has 0 amide bonds. The van der Waals surface area contributed by atoms with Crippen LogP contribution in [0.2, 0.25) is 9.36 Å². The maximum atomic E-state index is 6.03. The van der Waals surface area contributed by atoms with Crippen molar-refractivity contribution in [3.63, 3.8) is 0 Å². The second-order valence-electron chi connectivity index (χ2n) is 2.58. The molecule has 0 bridgehead atoms. The Morgan fingerprint density at radius 1 is 1.23 bits per heavy atom. The molecule has 1 nitrogen and oxygen atoms in total. The third kappa shape index (κ3) is 1.62. The van der Waals surface area contributed by atoms with E-state index in [4.69, 9.17) is 27.9 Å². The van der Waals surface area contributed by atoms with Gasteiger partial charge in [0.2, 0.25) is 0 Å². The van der Waals surface area contributed by atoms with Gasteiger partial charge in [-0.3, -0.25) is 0 Å². The van der Waals surface area contributed by atoms with Gasteiger partial charge in [0.25, 0.3) is 0 Å². The molecule has 0 N–H and O–H groups in total. The van der Waals surface area contributed by atoms with Crippen molar-refractivity contribution < 1.29 is 4.74 Å². The van der Waals surface area contributed by atoms with Gasteiger partial charge in [-0.05, 0) is 17.5 Å². The van der Waals surface area contributed by atoms with E-state index in [-0.39, 0.29) is 0 Å². The largest absolute Gasteiger partial charge is 0.497 e. The molecule has 0 aliphatic heterocycles. The summed E-state index contributed by atoms with van der Waals surface area (Å²) < 4.78 is 6.84. The monoisotopic (exact) mass is 232 g/mol. The zero-order chi connectivity index (χ0) is 9.42. The Bertz CT molecular complexity index is 450. The molecule has 2 rings (SSSR count). The van der Waals surface area contributed by atoms with E-state index in [0.29, 0.717) is 5.02 Å². The summed E-state index contributed by atoms with van der Waals surface area (Å²) in [6.07, 6.45) is 0. The molecule has 0 aliphatic carbocycles. The summed E-state index contributed by atoms with van der Waals surface area (Å²) in [5, 5.41) is 1.71. The Kier molecular flexibility index (Phi) is 2.37. The lowest BCUT2D eigenvalue weighted by Crippen LogP contribution is -1.81. The smallest absolute Gasteiger partial charge is 0.121 e. The van der Waals surface area contributed by atoms with Crippen LogP contribution in [0.3, 0.4) is 0 Å². The second-order valence-corrected chi connectivity index (χ2v) is 4.67. The van der Waals surface area contributed by atoms with Crippen LogP contribution in [-0.4, -0.2) is 7.11 Å². The Labute approximate surface area is 89.8 Å². The number of ether oxygens (including phenoxy) is 1. The molecule has 0 unspecified atom stereocenters. The number of fused-ring (bicyclic) bond motifs is 1. The molecule has 0 fully saturated rings. The lowest BCUT2D eigenvalue weighted by atomic mass is 10.2.